The molecule has 0 bridgehead atoms. The van der Waals surface area contributed by atoms with Gasteiger partial charge in [-0.25, -0.2) is 5.43 Å². The summed E-state index contributed by atoms with van der Waals surface area (Å²) < 4.78 is 6.52. The Hall–Kier alpha value is -2.14. The lowest BCUT2D eigenvalue weighted by molar-refractivity contribution is -0.123. The third-order valence-electron chi connectivity index (χ3n) is 3.01. The van der Waals surface area contributed by atoms with Gasteiger partial charge >= 0.3 is 0 Å². The lowest BCUT2D eigenvalue weighted by Crippen LogP contribution is -2.25. The van der Waals surface area contributed by atoms with E-state index in [-0.39, 0.29) is 12.5 Å². The molecule has 0 aliphatic carbocycles. The number of hydrazone groups is 1. The minimum atomic E-state index is -0.297. The molecule has 2 aromatic carbocycles. The Morgan fingerprint density at radius 3 is 2.59 bits per heavy atom. The first-order valence-electron chi connectivity index (χ1n) is 6.83. The highest BCUT2D eigenvalue weighted by Crippen LogP contribution is 2.21. The maximum absolute atomic E-state index is 11.7. The summed E-state index contributed by atoms with van der Waals surface area (Å²) >= 11 is 3.38. The second-order valence-corrected chi connectivity index (χ2v) is 5.77. The SMILES string of the molecule is Cc1cccc(C)c1OCC(=O)NN=Cc1cccc(Br)c1. The van der Waals surface area contributed by atoms with Crippen LogP contribution in [-0.2, 0) is 4.79 Å². The normalized spacial score (nSPS) is 10.7. The summed E-state index contributed by atoms with van der Waals surface area (Å²) in [5, 5.41) is 3.91. The van der Waals surface area contributed by atoms with Crippen molar-refractivity contribution in [3.63, 3.8) is 0 Å². The zero-order chi connectivity index (χ0) is 15.9. The number of carbonyl (C=O) groups excluding carboxylic acids is 1. The molecule has 0 fully saturated rings. The van der Waals surface area contributed by atoms with Gasteiger partial charge < -0.3 is 4.74 Å². The van der Waals surface area contributed by atoms with Gasteiger partial charge in [0, 0.05) is 4.47 Å². The maximum Gasteiger partial charge on any atom is 0.277 e. The van der Waals surface area contributed by atoms with Gasteiger partial charge in [-0.3, -0.25) is 4.79 Å². The van der Waals surface area contributed by atoms with Crippen LogP contribution in [0.2, 0.25) is 0 Å². The van der Waals surface area contributed by atoms with E-state index < -0.39 is 0 Å². The molecule has 4 nitrogen and oxygen atoms in total. The highest BCUT2D eigenvalue weighted by Gasteiger charge is 2.06. The fourth-order valence-corrected chi connectivity index (χ4v) is 2.38. The summed E-state index contributed by atoms with van der Waals surface area (Å²) in [6.07, 6.45) is 1.58. The number of amides is 1. The van der Waals surface area contributed by atoms with Crippen molar-refractivity contribution in [2.45, 2.75) is 13.8 Å². The largest absolute Gasteiger partial charge is 0.483 e. The molecule has 114 valence electrons. The lowest BCUT2D eigenvalue weighted by Gasteiger charge is -2.10. The van der Waals surface area contributed by atoms with E-state index >= 15 is 0 Å². The first-order valence-corrected chi connectivity index (χ1v) is 7.62. The van der Waals surface area contributed by atoms with E-state index in [1.54, 1.807) is 6.21 Å². The Morgan fingerprint density at radius 1 is 1.23 bits per heavy atom. The van der Waals surface area contributed by atoms with Crippen LogP contribution >= 0.6 is 15.9 Å². The first-order chi connectivity index (χ1) is 10.6. The number of rotatable bonds is 5. The van der Waals surface area contributed by atoms with E-state index in [2.05, 4.69) is 26.5 Å². The Bertz CT molecular complexity index is 679. The van der Waals surface area contributed by atoms with E-state index in [0.717, 1.165) is 26.9 Å². The molecule has 0 aromatic heterocycles. The number of ether oxygens (including phenoxy) is 1. The molecule has 0 radical (unpaired) electrons. The van der Waals surface area contributed by atoms with Crippen molar-refractivity contribution in [1.82, 2.24) is 5.43 Å². The van der Waals surface area contributed by atoms with Gasteiger partial charge in [0.2, 0.25) is 0 Å². The average Bonchev–Trinajstić information content (AvgIpc) is 2.47. The van der Waals surface area contributed by atoms with Crippen molar-refractivity contribution in [2.24, 2.45) is 5.10 Å². The monoisotopic (exact) mass is 360 g/mol. The van der Waals surface area contributed by atoms with Crippen LogP contribution < -0.4 is 10.2 Å². The van der Waals surface area contributed by atoms with Crippen LogP contribution in [0.15, 0.2) is 52.0 Å². The smallest absolute Gasteiger partial charge is 0.277 e. The summed E-state index contributed by atoms with van der Waals surface area (Å²) in [5.74, 6) is 0.447. The minimum absolute atomic E-state index is 0.0679. The molecule has 1 amide bonds. The zero-order valence-corrected chi connectivity index (χ0v) is 14.1. The van der Waals surface area contributed by atoms with Crippen LogP contribution in [0, 0.1) is 13.8 Å². The third-order valence-corrected chi connectivity index (χ3v) is 3.50. The van der Waals surface area contributed by atoms with Crippen molar-refractivity contribution >= 4 is 28.1 Å². The maximum atomic E-state index is 11.7. The van der Waals surface area contributed by atoms with E-state index in [1.807, 2.05) is 56.3 Å². The van der Waals surface area contributed by atoms with E-state index in [1.165, 1.54) is 0 Å². The van der Waals surface area contributed by atoms with Crippen LogP contribution in [0.5, 0.6) is 5.75 Å². The van der Waals surface area contributed by atoms with Gasteiger partial charge in [0.05, 0.1) is 6.21 Å². The molecule has 0 saturated carbocycles. The summed E-state index contributed by atoms with van der Waals surface area (Å²) in [4.78, 5) is 11.7. The summed E-state index contributed by atoms with van der Waals surface area (Å²) in [6.45, 7) is 3.83. The van der Waals surface area contributed by atoms with E-state index in [0.29, 0.717) is 0 Å². The number of nitrogens with one attached hydrogen (secondary N) is 1. The average molecular weight is 361 g/mol. The molecule has 1 N–H and O–H groups in total. The lowest BCUT2D eigenvalue weighted by atomic mass is 10.1. The second-order valence-electron chi connectivity index (χ2n) is 4.86. The molecule has 2 aromatic rings. The highest BCUT2D eigenvalue weighted by atomic mass is 79.9. The highest BCUT2D eigenvalue weighted by molar-refractivity contribution is 9.10. The van der Waals surface area contributed by atoms with Gasteiger partial charge in [-0.15, -0.1) is 0 Å². The fourth-order valence-electron chi connectivity index (χ4n) is 1.96. The Labute approximate surface area is 138 Å². The van der Waals surface area contributed by atoms with Crippen molar-refractivity contribution < 1.29 is 9.53 Å². The number of halogens is 1. The predicted octanol–water partition coefficient (Wildman–Crippen LogP) is 3.60. The van der Waals surface area contributed by atoms with Gasteiger partial charge in [0.15, 0.2) is 6.61 Å². The van der Waals surface area contributed by atoms with Crippen molar-refractivity contribution in [2.75, 3.05) is 6.61 Å². The summed E-state index contributed by atoms with van der Waals surface area (Å²) in [5.41, 5.74) is 5.35. The van der Waals surface area contributed by atoms with Crippen LogP contribution in [0.4, 0.5) is 0 Å². The van der Waals surface area contributed by atoms with Gasteiger partial charge in [-0.05, 0) is 42.7 Å². The molecule has 0 aliphatic heterocycles. The van der Waals surface area contributed by atoms with Gasteiger partial charge in [-0.2, -0.15) is 5.10 Å². The minimum Gasteiger partial charge on any atom is -0.483 e. The Balaban J connectivity index is 1.86. The molecule has 22 heavy (non-hydrogen) atoms. The fraction of sp³-hybridized carbons (Fsp3) is 0.176. The molecule has 0 aliphatic rings. The second kappa shape index (κ2) is 7.75. The number of para-hydroxylation sites is 1. The van der Waals surface area contributed by atoms with Crippen LogP contribution in [0.3, 0.4) is 0 Å². The molecule has 0 saturated heterocycles. The Kier molecular flexibility index (Phi) is 5.72. The van der Waals surface area contributed by atoms with Gasteiger partial charge in [0.25, 0.3) is 5.91 Å². The number of benzene rings is 2. The molecular weight excluding hydrogens is 344 g/mol. The molecular formula is C17H17BrN2O2. The molecule has 0 heterocycles. The molecule has 2 rings (SSSR count). The van der Waals surface area contributed by atoms with Crippen LogP contribution in [0.25, 0.3) is 0 Å². The number of aryl methyl sites for hydroxylation is 2. The standard InChI is InChI=1S/C17H17BrN2O2/c1-12-5-3-6-13(2)17(12)22-11-16(21)20-19-10-14-7-4-8-15(18)9-14/h3-10H,11H2,1-2H3,(H,20,21). The first kappa shape index (κ1) is 16.2. The van der Waals surface area contributed by atoms with Crippen molar-refractivity contribution in [3.05, 3.63) is 63.6 Å². The quantitative estimate of drug-likeness (QED) is 0.654. The van der Waals surface area contributed by atoms with Crippen molar-refractivity contribution in [3.8, 4) is 5.75 Å². The van der Waals surface area contributed by atoms with Crippen molar-refractivity contribution in [1.29, 1.82) is 0 Å². The number of hydrogen-bond donors (Lipinski definition) is 1. The zero-order valence-electron chi connectivity index (χ0n) is 12.5. The van der Waals surface area contributed by atoms with Gasteiger partial charge in [-0.1, -0.05) is 46.3 Å². The Morgan fingerprint density at radius 2 is 1.91 bits per heavy atom. The molecule has 0 spiro atoms. The molecule has 0 unspecified atom stereocenters. The third kappa shape index (κ3) is 4.70. The summed E-state index contributed by atoms with van der Waals surface area (Å²) in [6, 6.07) is 13.5. The summed E-state index contributed by atoms with van der Waals surface area (Å²) in [7, 11) is 0. The van der Waals surface area contributed by atoms with Gasteiger partial charge in [0.1, 0.15) is 5.75 Å². The number of hydrogen-bond acceptors (Lipinski definition) is 3. The predicted molar refractivity (Wildman–Crippen MR) is 91.3 cm³/mol. The number of nitrogens with zero attached hydrogens (tertiary/aromatic N) is 1. The van der Waals surface area contributed by atoms with Crippen LogP contribution in [-0.4, -0.2) is 18.7 Å². The molecule has 5 heteroatoms. The van der Waals surface area contributed by atoms with E-state index in [9.17, 15) is 4.79 Å². The van der Waals surface area contributed by atoms with Crippen LogP contribution in [0.1, 0.15) is 16.7 Å². The topological polar surface area (TPSA) is 50.7 Å². The molecule has 0 atom stereocenters. The van der Waals surface area contributed by atoms with E-state index in [4.69, 9.17) is 4.74 Å². The number of carbonyl (C=O) groups is 1.